The van der Waals surface area contributed by atoms with E-state index in [0.29, 0.717) is 6.61 Å². The summed E-state index contributed by atoms with van der Waals surface area (Å²) >= 11 is 0. The van der Waals surface area contributed by atoms with E-state index in [2.05, 4.69) is 6.92 Å². The standard InChI is InChI=1S/C22H26O4/c1-3-4-5-9-14-25-22(23)21-20(26-21)17-12-13-19(24-2)18(15-17)16-10-7-6-8-11-16/h6-8,10-13,15,20-21H,3-5,9,14H2,1-2H3. The van der Waals surface area contributed by atoms with Crippen LogP contribution in [0.2, 0.25) is 0 Å². The van der Waals surface area contributed by atoms with Crippen LogP contribution in [0.3, 0.4) is 0 Å². The third-order valence-corrected chi connectivity index (χ3v) is 4.60. The first-order valence-electron chi connectivity index (χ1n) is 9.30. The molecule has 2 aromatic carbocycles. The van der Waals surface area contributed by atoms with Crippen LogP contribution in [0, 0.1) is 0 Å². The normalized spacial score (nSPS) is 18.4. The molecule has 1 saturated heterocycles. The van der Waals surface area contributed by atoms with E-state index in [1.54, 1.807) is 7.11 Å². The summed E-state index contributed by atoms with van der Waals surface area (Å²) in [6, 6.07) is 16.0. The van der Waals surface area contributed by atoms with Gasteiger partial charge >= 0.3 is 5.97 Å². The lowest BCUT2D eigenvalue weighted by Gasteiger charge is -2.10. The van der Waals surface area contributed by atoms with Crippen molar-refractivity contribution < 1.29 is 19.0 Å². The van der Waals surface area contributed by atoms with Gasteiger partial charge in [-0.1, -0.05) is 62.6 Å². The number of carbonyl (C=O) groups is 1. The Bertz CT molecular complexity index is 726. The van der Waals surface area contributed by atoms with Crippen LogP contribution in [-0.4, -0.2) is 25.8 Å². The summed E-state index contributed by atoms with van der Waals surface area (Å²) in [5, 5.41) is 0. The highest BCUT2D eigenvalue weighted by atomic mass is 16.6. The fourth-order valence-electron chi connectivity index (χ4n) is 3.07. The van der Waals surface area contributed by atoms with Gasteiger partial charge < -0.3 is 14.2 Å². The monoisotopic (exact) mass is 354 g/mol. The Morgan fingerprint density at radius 2 is 1.88 bits per heavy atom. The predicted molar refractivity (Wildman–Crippen MR) is 101 cm³/mol. The Morgan fingerprint density at radius 1 is 1.08 bits per heavy atom. The van der Waals surface area contributed by atoms with Crippen LogP contribution in [0.25, 0.3) is 11.1 Å². The zero-order valence-electron chi connectivity index (χ0n) is 15.4. The zero-order valence-corrected chi connectivity index (χ0v) is 15.4. The number of carbonyl (C=O) groups excluding carboxylic acids is 1. The molecule has 3 rings (SSSR count). The zero-order chi connectivity index (χ0) is 18.4. The topological polar surface area (TPSA) is 48.1 Å². The Morgan fingerprint density at radius 3 is 2.62 bits per heavy atom. The molecule has 1 heterocycles. The van der Waals surface area contributed by atoms with Crippen molar-refractivity contribution in [1.29, 1.82) is 0 Å². The molecule has 2 aromatic rings. The third kappa shape index (κ3) is 4.44. The molecule has 0 saturated carbocycles. The molecule has 138 valence electrons. The average molecular weight is 354 g/mol. The van der Waals surface area contributed by atoms with Gasteiger partial charge in [0.2, 0.25) is 0 Å². The lowest BCUT2D eigenvalue weighted by Crippen LogP contribution is -2.13. The molecule has 0 spiro atoms. The van der Waals surface area contributed by atoms with Crippen molar-refractivity contribution in [2.24, 2.45) is 0 Å². The van der Waals surface area contributed by atoms with Crippen molar-refractivity contribution in [3.05, 3.63) is 54.1 Å². The van der Waals surface area contributed by atoms with Crippen molar-refractivity contribution in [3.8, 4) is 16.9 Å². The maximum absolute atomic E-state index is 12.1. The second-order valence-corrected chi connectivity index (χ2v) is 6.53. The van der Waals surface area contributed by atoms with Gasteiger partial charge in [-0.15, -0.1) is 0 Å². The molecule has 1 aliphatic rings. The Hall–Kier alpha value is -2.33. The van der Waals surface area contributed by atoms with Gasteiger partial charge in [-0.2, -0.15) is 0 Å². The smallest absolute Gasteiger partial charge is 0.338 e. The number of esters is 1. The number of unbranched alkanes of at least 4 members (excludes halogenated alkanes) is 3. The summed E-state index contributed by atoms with van der Waals surface area (Å²) in [6.45, 7) is 2.64. The quantitative estimate of drug-likeness (QED) is 0.364. The third-order valence-electron chi connectivity index (χ3n) is 4.60. The molecule has 1 fully saturated rings. The van der Waals surface area contributed by atoms with Crippen LogP contribution in [-0.2, 0) is 14.3 Å². The van der Waals surface area contributed by atoms with Gasteiger partial charge in [-0.05, 0) is 29.7 Å². The summed E-state index contributed by atoms with van der Waals surface area (Å²) < 4.78 is 16.4. The van der Waals surface area contributed by atoms with Gasteiger partial charge in [-0.3, -0.25) is 0 Å². The molecule has 0 aliphatic carbocycles. The van der Waals surface area contributed by atoms with Gasteiger partial charge in [0.05, 0.1) is 13.7 Å². The van der Waals surface area contributed by atoms with E-state index < -0.39 is 6.10 Å². The maximum Gasteiger partial charge on any atom is 0.338 e. The summed E-state index contributed by atoms with van der Waals surface area (Å²) in [6.07, 6.45) is 3.64. The molecule has 4 heteroatoms. The van der Waals surface area contributed by atoms with E-state index in [0.717, 1.165) is 35.3 Å². The van der Waals surface area contributed by atoms with E-state index in [4.69, 9.17) is 14.2 Å². The molecule has 0 aromatic heterocycles. The van der Waals surface area contributed by atoms with E-state index in [1.807, 2.05) is 48.5 Å². The SMILES string of the molecule is CCCCCCOC(=O)C1OC1c1ccc(OC)c(-c2ccccc2)c1. The van der Waals surface area contributed by atoms with E-state index >= 15 is 0 Å². The summed E-state index contributed by atoms with van der Waals surface area (Å²) in [7, 11) is 1.66. The molecule has 4 nitrogen and oxygen atoms in total. The maximum atomic E-state index is 12.1. The first kappa shape index (κ1) is 18.5. The predicted octanol–water partition coefficient (Wildman–Crippen LogP) is 4.93. The van der Waals surface area contributed by atoms with Crippen molar-refractivity contribution in [1.82, 2.24) is 0 Å². The minimum atomic E-state index is -0.488. The second kappa shape index (κ2) is 8.86. The molecule has 2 atom stereocenters. The Labute approximate surface area is 155 Å². The molecule has 2 unspecified atom stereocenters. The van der Waals surface area contributed by atoms with Crippen molar-refractivity contribution in [3.63, 3.8) is 0 Å². The highest BCUT2D eigenvalue weighted by Crippen LogP contribution is 2.42. The van der Waals surface area contributed by atoms with Gasteiger partial charge in [0.1, 0.15) is 11.9 Å². The molecule has 0 bridgehead atoms. The summed E-state index contributed by atoms with van der Waals surface area (Å²) in [5.74, 6) is 0.541. The molecule has 0 radical (unpaired) electrons. The molecule has 0 amide bonds. The highest BCUT2D eigenvalue weighted by Gasteiger charge is 2.47. The lowest BCUT2D eigenvalue weighted by molar-refractivity contribution is -0.145. The van der Waals surface area contributed by atoms with Gasteiger partial charge in [0.25, 0.3) is 0 Å². The minimum Gasteiger partial charge on any atom is -0.496 e. The fraction of sp³-hybridized carbons (Fsp3) is 0.409. The van der Waals surface area contributed by atoms with E-state index in [-0.39, 0.29) is 12.1 Å². The van der Waals surface area contributed by atoms with E-state index in [9.17, 15) is 4.79 Å². The first-order valence-corrected chi connectivity index (χ1v) is 9.30. The van der Waals surface area contributed by atoms with Crippen LogP contribution in [0.1, 0.15) is 44.3 Å². The van der Waals surface area contributed by atoms with E-state index in [1.165, 1.54) is 12.8 Å². The number of benzene rings is 2. The molecular formula is C22H26O4. The van der Waals surface area contributed by atoms with Crippen molar-refractivity contribution >= 4 is 5.97 Å². The Kier molecular flexibility index (Phi) is 6.29. The van der Waals surface area contributed by atoms with Crippen molar-refractivity contribution in [2.45, 2.75) is 44.8 Å². The van der Waals surface area contributed by atoms with Gasteiger partial charge in [0, 0.05) is 5.56 Å². The number of rotatable bonds is 9. The van der Waals surface area contributed by atoms with Crippen LogP contribution in [0.15, 0.2) is 48.5 Å². The van der Waals surface area contributed by atoms with Crippen LogP contribution in [0.4, 0.5) is 0 Å². The first-order chi connectivity index (χ1) is 12.7. The molecular weight excluding hydrogens is 328 g/mol. The fourth-order valence-corrected chi connectivity index (χ4v) is 3.07. The average Bonchev–Trinajstić information content (AvgIpc) is 3.49. The number of hydrogen-bond acceptors (Lipinski definition) is 4. The number of hydrogen-bond donors (Lipinski definition) is 0. The largest absolute Gasteiger partial charge is 0.496 e. The Balaban J connectivity index is 1.63. The highest BCUT2D eigenvalue weighted by molar-refractivity contribution is 5.79. The summed E-state index contributed by atoms with van der Waals surface area (Å²) in [5.41, 5.74) is 3.03. The second-order valence-electron chi connectivity index (χ2n) is 6.53. The molecule has 1 aliphatic heterocycles. The van der Waals surface area contributed by atoms with Crippen LogP contribution < -0.4 is 4.74 Å². The lowest BCUT2D eigenvalue weighted by atomic mass is 10.00. The number of methoxy groups -OCH3 is 1. The van der Waals surface area contributed by atoms with Crippen LogP contribution in [0.5, 0.6) is 5.75 Å². The minimum absolute atomic E-state index is 0.230. The van der Waals surface area contributed by atoms with Gasteiger partial charge in [-0.25, -0.2) is 4.79 Å². The number of ether oxygens (including phenoxy) is 3. The van der Waals surface area contributed by atoms with Crippen molar-refractivity contribution in [2.75, 3.05) is 13.7 Å². The van der Waals surface area contributed by atoms with Crippen LogP contribution >= 0.6 is 0 Å². The molecule has 26 heavy (non-hydrogen) atoms. The van der Waals surface area contributed by atoms with Gasteiger partial charge in [0.15, 0.2) is 6.10 Å². The molecule has 0 N–H and O–H groups in total. The number of epoxide rings is 1. The summed E-state index contributed by atoms with van der Waals surface area (Å²) in [4.78, 5) is 12.1.